The van der Waals surface area contributed by atoms with Gasteiger partial charge in [0.1, 0.15) is 30.5 Å². The minimum atomic E-state index is -1.78. The quantitative estimate of drug-likeness (QED) is 0.0925. The summed E-state index contributed by atoms with van der Waals surface area (Å²) in [7, 11) is 0. The fraction of sp³-hybridized carbons (Fsp3) is 1.00. The summed E-state index contributed by atoms with van der Waals surface area (Å²) in [5.41, 5.74) is -0.847. The summed E-state index contributed by atoms with van der Waals surface area (Å²) in [6.07, 6.45) is -13.1. The Morgan fingerprint density at radius 3 is 2.00 bits per heavy atom. The van der Waals surface area contributed by atoms with E-state index in [4.69, 9.17) is 23.7 Å². The fourth-order valence-corrected chi connectivity index (χ4v) is 3.98. The molecule has 1 aliphatic heterocycles. The van der Waals surface area contributed by atoms with Crippen molar-refractivity contribution in [2.75, 3.05) is 26.4 Å². The monoisotopic (exact) mass is 530 g/mol. The van der Waals surface area contributed by atoms with Gasteiger partial charge in [-0.15, -0.1) is 0 Å². The van der Waals surface area contributed by atoms with Gasteiger partial charge in [-0.3, -0.25) is 0 Å². The zero-order valence-electron chi connectivity index (χ0n) is 21.7. The van der Waals surface area contributed by atoms with E-state index >= 15 is 0 Å². The molecule has 10 atom stereocenters. The van der Waals surface area contributed by atoms with Crippen molar-refractivity contribution in [1.82, 2.24) is 0 Å². The second-order valence-corrected chi connectivity index (χ2v) is 9.91. The maximum Gasteiger partial charge on any atom is 0.186 e. The van der Waals surface area contributed by atoms with Crippen LogP contribution in [-0.4, -0.2) is 140 Å². The van der Waals surface area contributed by atoms with Gasteiger partial charge in [-0.1, -0.05) is 0 Å². The number of aliphatic hydroxyl groups is 8. The van der Waals surface area contributed by atoms with Crippen LogP contribution in [0.3, 0.4) is 0 Å². The standard InChI is InChI=1S/C23H46O13/c1-12(2)32-15(6-7-24)19(30)21(31)33-16-8-23(4,5)36-18(11-27)20(16)35-22(14(29)9-25)34-17(10-26)13(3)28/h12-22,24-31H,6-11H2,1-5H3/t13-,14+,15?,16-,17?,18?,19?,20?,21?,22?/m1/s1. The smallest absolute Gasteiger partial charge is 0.186 e. The van der Waals surface area contributed by atoms with Gasteiger partial charge in [0.25, 0.3) is 0 Å². The van der Waals surface area contributed by atoms with Crippen molar-refractivity contribution in [1.29, 1.82) is 0 Å². The molecule has 0 aromatic carbocycles. The Kier molecular flexibility index (Phi) is 14.7. The molecule has 0 aromatic heterocycles. The summed E-state index contributed by atoms with van der Waals surface area (Å²) in [4.78, 5) is 0. The highest BCUT2D eigenvalue weighted by atomic mass is 16.7. The minimum absolute atomic E-state index is 0.0404. The van der Waals surface area contributed by atoms with Gasteiger partial charge >= 0.3 is 0 Å². The highest BCUT2D eigenvalue weighted by Crippen LogP contribution is 2.34. The van der Waals surface area contributed by atoms with Gasteiger partial charge < -0.3 is 64.5 Å². The van der Waals surface area contributed by atoms with E-state index in [0.717, 1.165) is 0 Å². The molecule has 1 rings (SSSR count). The summed E-state index contributed by atoms with van der Waals surface area (Å²) >= 11 is 0. The number of hydrogen-bond acceptors (Lipinski definition) is 13. The van der Waals surface area contributed by atoms with Crippen molar-refractivity contribution in [2.24, 2.45) is 0 Å². The van der Waals surface area contributed by atoms with Gasteiger partial charge in [0.05, 0.1) is 49.8 Å². The molecule has 0 aliphatic carbocycles. The Morgan fingerprint density at radius 1 is 0.889 bits per heavy atom. The molecule has 0 bridgehead atoms. The van der Waals surface area contributed by atoms with Crippen LogP contribution in [-0.2, 0) is 23.7 Å². The van der Waals surface area contributed by atoms with Crippen LogP contribution in [0.5, 0.6) is 0 Å². The van der Waals surface area contributed by atoms with Crippen LogP contribution in [0.4, 0.5) is 0 Å². The lowest BCUT2D eigenvalue weighted by molar-refractivity contribution is -0.328. The van der Waals surface area contributed by atoms with Crippen LogP contribution in [0, 0.1) is 0 Å². The minimum Gasteiger partial charge on any atom is -0.396 e. The third kappa shape index (κ3) is 10.3. The molecule has 8 N–H and O–H groups in total. The van der Waals surface area contributed by atoms with E-state index in [1.807, 2.05) is 0 Å². The van der Waals surface area contributed by atoms with E-state index in [1.54, 1.807) is 27.7 Å². The molecule has 1 saturated heterocycles. The van der Waals surface area contributed by atoms with Crippen LogP contribution < -0.4 is 0 Å². The molecule has 36 heavy (non-hydrogen) atoms. The summed E-state index contributed by atoms with van der Waals surface area (Å²) in [6, 6.07) is 0. The van der Waals surface area contributed by atoms with Gasteiger partial charge in [0.2, 0.25) is 0 Å². The number of ether oxygens (including phenoxy) is 5. The first-order valence-electron chi connectivity index (χ1n) is 12.2. The molecule has 1 fully saturated rings. The first-order valence-corrected chi connectivity index (χ1v) is 12.2. The summed E-state index contributed by atoms with van der Waals surface area (Å²) < 4.78 is 28.6. The Labute approximate surface area is 212 Å². The zero-order chi connectivity index (χ0) is 27.6. The maximum atomic E-state index is 10.7. The topological polar surface area (TPSA) is 208 Å². The maximum absolute atomic E-state index is 10.7. The van der Waals surface area contributed by atoms with Crippen molar-refractivity contribution < 1.29 is 64.5 Å². The van der Waals surface area contributed by atoms with Crippen molar-refractivity contribution in [3.05, 3.63) is 0 Å². The van der Waals surface area contributed by atoms with Crippen LogP contribution in [0.25, 0.3) is 0 Å². The highest BCUT2D eigenvalue weighted by molar-refractivity contribution is 4.93. The molecule has 1 aliphatic rings. The van der Waals surface area contributed by atoms with Crippen LogP contribution in [0.2, 0.25) is 0 Å². The van der Waals surface area contributed by atoms with Gasteiger partial charge in [-0.05, 0) is 41.0 Å². The molecule has 1 heterocycles. The molecule has 13 nitrogen and oxygen atoms in total. The van der Waals surface area contributed by atoms with Crippen molar-refractivity contribution in [3.8, 4) is 0 Å². The first kappa shape index (κ1) is 33.5. The molecule has 216 valence electrons. The molecule has 0 saturated carbocycles. The normalized spacial score (nSPS) is 28.3. The van der Waals surface area contributed by atoms with E-state index in [9.17, 15) is 40.9 Å². The molecule has 7 unspecified atom stereocenters. The van der Waals surface area contributed by atoms with E-state index in [-0.39, 0.29) is 25.6 Å². The van der Waals surface area contributed by atoms with Gasteiger partial charge in [-0.2, -0.15) is 0 Å². The lowest BCUT2D eigenvalue weighted by Gasteiger charge is -2.47. The average molecular weight is 531 g/mol. The van der Waals surface area contributed by atoms with E-state index in [0.29, 0.717) is 0 Å². The van der Waals surface area contributed by atoms with E-state index < -0.39 is 86.8 Å². The van der Waals surface area contributed by atoms with Crippen molar-refractivity contribution in [3.63, 3.8) is 0 Å². The van der Waals surface area contributed by atoms with Crippen molar-refractivity contribution in [2.45, 2.75) is 121 Å². The molecule has 0 spiro atoms. The highest BCUT2D eigenvalue weighted by Gasteiger charge is 2.47. The molecule has 0 aromatic rings. The van der Waals surface area contributed by atoms with Crippen LogP contribution >= 0.6 is 0 Å². The Balaban J connectivity index is 3.19. The average Bonchev–Trinajstić information content (AvgIpc) is 2.80. The number of rotatable bonds is 17. The molecule has 0 radical (unpaired) electrons. The molecular formula is C23H46O13. The van der Waals surface area contributed by atoms with E-state index in [1.165, 1.54) is 6.92 Å². The van der Waals surface area contributed by atoms with E-state index in [2.05, 4.69) is 0 Å². The molecule has 13 heteroatoms. The van der Waals surface area contributed by atoms with Crippen LogP contribution in [0.1, 0.15) is 47.5 Å². The van der Waals surface area contributed by atoms with Crippen LogP contribution in [0.15, 0.2) is 0 Å². The summed E-state index contributed by atoms with van der Waals surface area (Å²) in [5, 5.41) is 79.7. The van der Waals surface area contributed by atoms with Crippen molar-refractivity contribution >= 4 is 0 Å². The third-order valence-corrected chi connectivity index (χ3v) is 5.74. The third-order valence-electron chi connectivity index (χ3n) is 5.74. The predicted octanol–water partition coefficient (Wildman–Crippen LogP) is -2.39. The summed E-state index contributed by atoms with van der Waals surface area (Å²) in [6.45, 7) is 6.06. The lowest BCUT2D eigenvalue weighted by atomic mass is 9.90. The number of aliphatic hydroxyl groups excluding tert-OH is 8. The largest absolute Gasteiger partial charge is 0.396 e. The Hall–Kier alpha value is -0.520. The second-order valence-electron chi connectivity index (χ2n) is 9.91. The SMILES string of the molecule is CC(C)OC(CCO)C(O)C(O)O[C@@H]1CC(C)(C)OC(CO)C1OC(OC(CO)[C@@H](C)O)[C@@H](O)CO. The predicted molar refractivity (Wildman–Crippen MR) is 125 cm³/mol. The summed E-state index contributed by atoms with van der Waals surface area (Å²) in [5.74, 6) is 0. The molecular weight excluding hydrogens is 484 g/mol. The first-order chi connectivity index (χ1) is 16.8. The lowest BCUT2D eigenvalue weighted by Crippen LogP contribution is -2.59. The number of hydrogen-bond donors (Lipinski definition) is 8. The zero-order valence-corrected chi connectivity index (χ0v) is 21.7. The molecule has 0 amide bonds. The Bertz CT molecular complexity index is 590. The fourth-order valence-electron chi connectivity index (χ4n) is 3.98. The Morgan fingerprint density at radius 2 is 1.53 bits per heavy atom. The van der Waals surface area contributed by atoms with Gasteiger partial charge in [0, 0.05) is 13.0 Å². The second kappa shape index (κ2) is 15.8. The van der Waals surface area contributed by atoms with Gasteiger partial charge in [0.15, 0.2) is 12.6 Å². The van der Waals surface area contributed by atoms with Gasteiger partial charge in [-0.25, -0.2) is 0 Å².